The number of halogens is 1. The summed E-state index contributed by atoms with van der Waals surface area (Å²) in [7, 11) is 3.25. The molecule has 1 saturated carbocycles. The zero-order valence-corrected chi connectivity index (χ0v) is 20.0. The number of benzene rings is 3. The van der Waals surface area contributed by atoms with Gasteiger partial charge in [-0.05, 0) is 73.4 Å². The van der Waals surface area contributed by atoms with Crippen molar-refractivity contribution >= 4 is 16.8 Å². The predicted molar refractivity (Wildman–Crippen MR) is 134 cm³/mol. The maximum atomic E-state index is 13.9. The molecule has 0 atom stereocenters. The summed E-state index contributed by atoms with van der Waals surface area (Å²) in [6.07, 6.45) is 1.86. The molecule has 1 amide bonds. The van der Waals surface area contributed by atoms with E-state index < -0.39 is 5.82 Å². The first-order chi connectivity index (χ1) is 17.0. The fourth-order valence-corrected chi connectivity index (χ4v) is 4.47. The molecule has 4 aromatic rings. The van der Waals surface area contributed by atoms with Crippen LogP contribution in [0.15, 0.2) is 66.7 Å². The molecule has 35 heavy (non-hydrogen) atoms. The van der Waals surface area contributed by atoms with E-state index in [-0.39, 0.29) is 11.9 Å². The first kappa shape index (κ1) is 22.8. The number of nitrogens with zero attached hydrogens (tertiary/aromatic N) is 2. The van der Waals surface area contributed by atoms with Crippen LogP contribution in [0.1, 0.15) is 34.3 Å². The van der Waals surface area contributed by atoms with Gasteiger partial charge in [0.2, 0.25) is 0 Å². The molecule has 5 nitrogen and oxygen atoms in total. The highest BCUT2D eigenvalue weighted by atomic mass is 19.1. The Bertz CT molecular complexity index is 1410. The second kappa shape index (κ2) is 9.37. The average molecular weight is 471 g/mol. The summed E-state index contributed by atoms with van der Waals surface area (Å²) in [5.74, 6) is 0.756. The monoisotopic (exact) mass is 470 g/mol. The zero-order valence-electron chi connectivity index (χ0n) is 20.0. The first-order valence-corrected chi connectivity index (χ1v) is 11.7. The molecule has 1 aromatic heterocycles. The molecule has 1 aliphatic rings. The van der Waals surface area contributed by atoms with Crippen LogP contribution in [0.5, 0.6) is 11.5 Å². The van der Waals surface area contributed by atoms with E-state index in [1.165, 1.54) is 12.1 Å². The second-order valence-corrected chi connectivity index (χ2v) is 8.88. The van der Waals surface area contributed by atoms with Crippen LogP contribution in [0.4, 0.5) is 4.39 Å². The summed E-state index contributed by atoms with van der Waals surface area (Å²) in [6, 6.07) is 19.8. The third-order valence-corrected chi connectivity index (χ3v) is 6.45. The summed E-state index contributed by atoms with van der Waals surface area (Å²) in [5.41, 5.74) is 4.73. The van der Waals surface area contributed by atoms with E-state index >= 15 is 0 Å². The molecule has 0 N–H and O–H groups in total. The van der Waals surface area contributed by atoms with Gasteiger partial charge in [-0.15, -0.1) is 0 Å². The molecule has 5 rings (SSSR count). The lowest BCUT2D eigenvalue weighted by Crippen LogP contribution is -2.33. The smallest absolute Gasteiger partial charge is 0.254 e. The third kappa shape index (κ3) is 4.56. The van der Waals surface area contributed by atoms with Crippen molar-refractivity contribution in [1.29, 1.82) is 0 Å². The van der Waals surface area contributed by atoms with Gasteiger partial charge in [-0.25, -0.2) is 9.37 Å². The number of hydrogen-bond acceptors (Lipinski definition) is 4. The Hall–Kier alpha value is -3.93. The van der Waals surface area contributed by atoms with E-state index in [2.05, 4.69) is 6.07 Å². The Balaban J connectivity index is 1.66. The summed E-state index contributed by atoms with van der Waals surface area (Å²) >= 11 is 0. The molecule has 0 spiro atoms. The van der Waals surface area contributed by atoms with Crippen molar-refractivity contribution in [3.8, 4) is 22.8 Å². The maximum absolute atomic E-state index is 13.9. The quantitative estimate of drug-likeness (QED) is 0.324. The number of carbonyl (C=O) groups excluding carboxylic acids is 1. The van der Waals surface area contributed by atoms with Crippen LogP contribution in [0.25, 0.3) is 22.2 Å². The van der Waals surface area contributed by atoms with Crippen LogP contribution in [-0.2, 0) is 6.54 Å². The van der Waals surface area contributed by atoms with E-state index in [0.29, 0.717) is 23.6 Å². The topological polar surface area (TPSA) is 51.7 Å². The highest BCUT2D eigenvalue weighted by molar-refractivity contribution is 5.95. The maximum Gasteiger partial charge on any atom is 0.254 e. The molecule has 0 radical (unpaired) electrons. The lowest BCUT2D eigenvalue weighted by molar-refractivity contribution is 0.0729. The lowest BCUT2D eigenvalue weighted by Gasteiger charge is -2.25. The molecule has 6 heteroatoms. The molecule has 3 aromatic carbocycles. The van der Waals surface area contributed by atoms with Crippen molar-refractivity contribution in [2.45, 2.75) is 32.4 Å². The normalized spacial score (nSPS) is 13.0. The highest BCUT2D eigenvalue weighted by Gasteiger charge is 2.34. The fraction of sp³-hybridized carbons (Fsp3) is 0.241. The molecule has 1 fully saturated rings. The number of amides is 1. The molecule has 0 bridgehead atoms. The van der Waals surface area contributed by atoms with Crippen LogP contribution < -0.4 is 9.47 Å². The van der Waals surface area contributed by atoms with E-state index in [1.54, 1.807) is 26.4 Å². The average Bonchev–Trinajstić information content (AvgIpc) is 3.71. The number of pyridine rings is 1. The standard InChI is InChI=1S/C29H27FN2O3/c1-18-6-4-7-19-14-21(17-32(23-10-11-23)29(33)20-8-5-9-22(30)15-20)28(31-27(18)19)25-16-24(34-2)12-13-26(25)35-3/h4-9,12-16,23H,10-11,17H2,1-3H3. The number of rotatable bonds is 7. The number of aromatic nitrogens is 1. The molecular formula is C29H27FN2O3. The zero-order chi connectivity index (χ0) is 24.5. The minimum Gasteiger partial charge on any atom is -0.497 e. The number of ether oxygens (including phenoxy) is 2. The van der Waals surface area contributed by atoms with Crippen molar-refractivity contribution in [2.24, 2.45) is 0 Å². The molecule has 1 heterocycles. The van der Waals surface area contributed by atoms with E-state index in [1.807, 2.05) is 48.2 Å². The molecular weight excluding hydrogens is 443 g/mol. The Morgan fingerprint density at radius 2 is 1.83 bits per heavy atom. The van der Waals surface area contributed by atoms with Gasteiger partial charge in [-0.1, -0.05) is 24.3 Å². The van der Waals surface area contributed by atoms with Crippen LogP contribution in [0, 0.1) is 12.7 Å². The van der Waals surface area contributed by atoms with Gasteiger partial charge < -0.3 is 14.4 Å². The number of methoxy groups -OCH3 is 2. The lowest BCUT2D eigenvalue weighted by atomic mass is 10.00. The number of aryl methyl sites for hydroxylation is 1. The van der Waals surface area contributed by atoms with Crippen LogP contribution in [0.2, 0.25) is 0 Å². The van der Waals surface area contributed by atoms with Crippen molar-refractivity contribution in [3.05, 3.63) is 89.2 Å². The van der Waals surface area contributed by atoms with Gasteiger partial charge >= 0.3 is 0 Å². The van der Waals surface area contributed by atoms with Crippen molar-refractivity contribution in [2.75, 3.05) is 14.2 Å². The SMILES string of the molecule is COc1ccc(OC)c(-c2nc3c(C)cccc3cc2CN(C(=O)c2cccc(F)c2)C2CC2)c1. The number of hydrogen-bond donors (Lipinski definition) is 0. The summed E-state index contributed by atoms with van der Waals surface area (Å²) in [4.78, 5) is 20.4. The van der Waals surface area contributed by atoms with Gasteiger partial charge in [0.1, 0.15) is 17.3 Å². The van der Waals surface area contributed by atoms with Gasteiger partial charge in [-0.2, -0.15) is 0 Å². The Labute approximate surface area is 204 Å². The predicted octanol–water partition coefficient (Wildman–Crippen LogP) is 6.17. The van der Waals surface area contributed by atoms with Gasteiger partial charge in [0, 0.05) is 29.1 Å². The number of para-hydroxylation sites is 1. The van der Waals surface area contributed by atoms with Crippen LogP contribution in [-0.4, -0.2) is 36.1 Å². The van der Waals surface area contributed by atoms with Crippen LogP contribution >= 0.6 is 0 Å². The molecule has 0 unspecified atom stereocenters. The first-order valence-electron chi connectivity index (χ1n) is 11.7. The van der Waals surface area contributed by atoms with E-state index in [0.717, 1.165) is 46.1 Å². The van der Waals surface area contributed by atoms with Crippen molar-refractivity contribution < 1.29 is 18.7 Å². The summed E-state index contributed by atoms with van der Waals surface area (Å²) in [6.45, 7) is 2.39. The van der Waals surface area contributed by atoms with Gasteiger partial charge in [0.05, 0.1) is 25.4 Å². The van der Waals surface area contributed by atoms with E-state index in [9.17, 15) is 9.18 Å². The molecule has 1 aliphatic carbocycles. The Kier molecular flexibility index (Phi) is 6.12. The Morgan fingerprint density at radius 1 is 1.03 bits per heavy atom. The summed E-state index contributed by atoms with van der Waals surface area (Å²) in [5, 5.41) is 1.000. The van der Waals surface area contributed by atoms with Gasteiger partial charge in [0.25, 0.3) is 5.91 Å². The second-order valence-electron chi connectivity index (χ2n) is 8.88. The van der Waals surface area contributed by atoms with E-state index in [4.69, 9.17) is 14.5 Å². The third-order valence-electron chi connectivity index (χ3n) is 6.45. The number of fused-ring (bicyclic) bond motifs is 1. The minimum atomic E-state index is -0.420. The largest absolute Gasteiger partial charge is 0.497 e. The Morgan fingerprint density at radius 3 is 2.54 bits per heavy atom. The summed E-state index contributed by atoms with van der Waals surface area (Å²) < 4.78 is 25.0. The van der Waals surface area contributed by atoms with Gasteiger partial charge in [-0.3, -0.25) is 4.79 Å². The highest BCUT2D eigenvalue weighted by Crippen LogP contribution is 2.38. The van der Waals surface area contributed by atoms with Crippen molar-refractivity contribution in [1.82, 2.24) is 9.88 Å². The number of carbonyl (C=O) groups is 1. The van der Waals surface area contributed by atoms with Gasteiger partial charge in [0.15, 0.2) is 0 Å². The van der Waals surface area contributed by atoms with Crippen molar-refractivity contribution in [3.63, 3.8) is 0 Å². The van der Waals surface area contributed by atoms with Crippen LogP contribution in [0.3, 0.4) is 0 Å². The molecule has 178 valence electrons. The fourth-order valence-electron chi connectivity index (χ4n) is 4.47. The molecule has 0 saturated heterocycles. The molecule has 0 aliphatic heterocycles. The minimum absolute atomic E-state index is 0.124.